The summed E-state index contributed by atoms with van der Waals surface area (Å²) in [5, 5.41) is 7.92. The van der Waals surface area contributed by atoms with Crippen LogP contribution in [-0.2, 0) is 7.05 Å². The monoisotopic (exact) mass is 223 g/mol. The molecule has 1 fully saturated rings. The standard InChI is InChI=1S/C11H21N5/c1-11(6-4-3-5-7-11)10(14-12)9-8-13-15-16(9)2/h8,10,14H,3-7,12H2,1-2H3. The topological polar surface area (TPSA) is 68.8 Å². The van der Waals surface area contributed by atoms with E-state index in [4.69, 9.17) is 5.84 Å². The van der Waals surface area contributed by atoms with Gasteiger partial charge in [0.1, 0.15) is 0 Å². The van der Waals surface area contributed by atoms with Crippen molar-refractivity contribution in [2.24, 2.45) is 18.3 Å². The summed E-state index contributed by atoms with van der Waals surface area (Å²) >= 11 is 0. The predicted molar refractivity (Wildman–Crippen MR) is 62.3 cm³/mol. The van der Waals surface area contributed by atoms with E-state index in [0.717, 1.165) is 5.69 Å². The first-order valence-electron chi connectivity index (χ1n) is 5.98. The second-order valence-electron chi connectivity index (χ2n) is 5.10. The van der Waals surface area contributed by atoms with E-state index in [2.05, 4.69) is 22.7 Å². The molecule has 90 valence electrons. The lowest BCUT2D eigenvalue weighted by atomic mass is 9.70. The quantitative estimate of drug-likeness (QED) is 0.598. The third-order valence-corrected chi connectivity index (χ3v) is 3.90. The molecule has 1 aliphatic carbocycles. The molecule has 1 atom stereocenters. The van der Waals surface area contributed by atoms with E-state index >= 15 is 0 Å². The van der Waals surface area contributed by atoms with Crippen LogP contribution in [0.5, 0.6) is 0 Å². The molecular weight excluding hydrogens is 202 g/mol. The maximum Gasteiger partial charge on any atom is 0.0772 e. The Labute approximate surface area is 96.4 Å². The number of nitrogens with one attached hydrogen (secondary N) is 1. The molecule has 5 nitrogen and oxygen atoms in total. The first-order valence-corrected chi connectivity index (χ1v) is 5.98. The van der Waals surface area contributed by atoms with Gasteiger partial charge in [0.2, 0.25) is 0 Å². The van der Waals surface area contributed by atoms with Crippen LogP contribution in [0.25, 0.3) is 0 Å². The maximum absolute atomic E-state index is 5.73. The van der Waals surface area contributed by atoms with E-state index in [1.165, 1.54) is 32.1 Å². The fraction of sp³-hybridized carbons (Fsp3) is 0.818. The highest BCUT2D eigenvalue weighted by molar-refractivity contribution is 5.08. The summed E-state index contributed by atoms with van der Waals surface area (Å²) < 4.78 is 1.81. The predicted octanol–water partition coefficient (Wildman–Crippen LogP) is 1.29. The van der Waals surface area contributed by atoms with Crippen LogP contribution in [0.3, 0.4) is 0 Å². The summed E-state index contributed by atoms with van der Waals surface area (Å²) in [7, 11) is 1.92. The molecule has 1 aromatic rings. The third kappa shape index (κ3) is 1.97. The van der Waals surface area contributed by atoms with Crippen LogP contribution in [0.1, 0.15) is 50.8 Å². The Bertz CT molecular complexity index is 340. The molecule has 5 heteroatoms. The van der Waals surface area contributed by atoms with Gasteiger partial charge in [0.15, 0.2) is 0 Å². The molecule has 1 heterocycles. The number of hydrogen-bond acceptors (Lipinski definition) is 4. The highest BCUT2D eigenvalue weighted by Crippen LogP contribution is 2.44. The van der Waals surface area contributed by atoms with Crippen molar-refractivity contribution in [3.63, 3.8) is 0 Å². The average molecular weight is 223 g/mol. The summed E-state index contributed by atoms with van der Waals surface area (Å²) in [4.78, 5) is 0. The number of hydrazine groups is 1. The molecular formula is C11H21N5. The van der Waals surface area contributed by atoms with Gasteiger partial charge in [-0.05, 0) is 18.3 Å². The number of nitrogens with zero attached hydrogens (tertiary/aromatic N) is 3. The molecule has 0 aromatic carbocycles. The zero-order chi connectivity index (χ0) is 11.6. The van der Waals surface area contributed by atoms with Gasteiger partial charge < -0.3 is 0 Å². The summed E-state index contributed by atoms with van der Waals surface area (Å²) in [6.07, 6.45) is 8.17. The fourth-order valence-corrected chi connectivity index (χ4v) is 2.85. The van der Waals surface area contributed by atoms with Crippen molar-refractivity contribution in [1.82, 2.24) is 20.4 Å². The van der Waals surface area contributed by atoms with Crippen LogP contribution in [0.2, 0.25) is 0 Å². The van der Waals surface area contributed by atoms with Crippen molar-refractivity contribution in [2.45, 2.75) is 45.1 Å². The second-order valence-corrected chi connectivity index (χ2v) is 5.10. The highest BCUT2D eigenvalue weighted by Gasteiger charge is 2.37. The third-order valence-electron chi connectivity index (χ3n) is 3.90. The molecule has 16 heavy (non-hydrogen) atoms. The maximum atomic E-state index is 5.73. The molecule has 0 spiro atoms. The van der Waals surface area contributed by atoms with Crippen molar-refractivity contribution < 1.29 is 0 Å². The molecule has 1 unspecified atom stereocenters. The van der Waals surface area contributed by atoms with Gasteiger partial charge in [-0.2, -0.15) is 0 Å². The Balaban J connectivity index is 2.24. The Morgan fingerprint density at radius 1 is 1.44 bits per heavy atom. The Kier molecular flexibility index (Phi) is 3.25. The molecule has 0 amide bonds. The van der Waals surface area contributed by atoms with Gasteiger partial charge in [-0.25, -0.2) is 0 Å². The van der Waals surface area contributed by atoms with Crippen LogP contribution >= 0.6 is 0 Å². The fourth-order valence-electron chi connectivity index (χ4n) is 2.85. The van der Waals surface area contributed by atoms with Gasteiger partial charge >= 0.3 is 0 Å². The van der Waals surface area contributed by atoms with Gasteiger partial charge in [-0.1, -0.05) is 31.4 Å². The average Bonchev–Trinajstić information content (AvgIpc) is 2.67. The summed E-state index contributed by atoms with van der Waals surface area (Å²) in [6.45, 7) is 2.31. The molecule has 1 aromatic heterocycles. The molecule has 3 N–H and O–H groups in total. The second kappa shape index (κ2) is 4.51. The normalized spacial score (nSPS) is 21.9. The van der Waals surface area contributed by atoms with Crippen LogP contribution in [0.15, 0.2) is 6.20 Å². The summed E-state index contributed by atoms with van der Waals surface area (Å²) in [5.41, 5.74) is 4.26. The van der Waals surface area contributed by atoms with Gasteiger partial charge in [0, 0.05) is 7.05 Å². The van der Waals surface area contributed by atoms with E-state index in [1.54, 1.807) is 0 Å². The van der Waals surface area contributed by atoms with Crippen molar-refractivity contribution in [3.05, 3.63) is 11.9 Å². The lowest BCUT2D eigenvalue weighted by Gasteiger charge is -2.40. The van der Waals surface area contributed by atoms with E-state index < -0.39 is 0 Å². The zero-order valence-corrected chi connectivity index (χ0v) is 10.1. The minimum atomic E-state index is 0.146. The summed E-state index contributed by atoms with van der Waals surface area (Å²) in [6, 6.07) is 0.146. The number of rotatable bonds is 3. The molecule has 0 saturated heterocycles. The largest absolute Gasteiger partial charge is 0.271 e. The molecule has 0 aliphatic heterocycles. The lowest BCUT2D eigenvalue weighted by Crippen LogP contribution is -2.42. The van der Waals surface area contributed by atoms with Gasteiger partial charge in [-0.3, -0.25) is 16.0 Å². The Morgan fingerprint density at radius 3 is 2.62 bits per heavy atom. The number of nitrogens with two attached hydrogens (primary N) is 1. The van der Waals surface area contributed by atoms with E-state index in [9.17, 15) is 0 Å². The molecule has 0 bridgehead atoms. The van der Waals surface area contributed by atoms with Crippen molar-refractivity contribution >= 4 is 0 Å². The van der Waals surface area contributed by atoms with Gasteiger partial charge in [0.25, 0.3) is 0 Å². The van der Waals surface area contributed by atoms with Gasteiger partial charge in [-0.15, -0.1) is 5.10 Å². The first-order chi connectivity index (χ1) is 7.67. The minimum Gasteiger partial charge on any atom is -0.271 e. The molecule has 1 saturated carbocycles. The van der Waals surface area contributed by atoms with Crippen LogP contribution in [0.4, 0.5) is 0 Å². The van der Waals surface area contributed by atoms with E-state index in [0.29, 0.717) is 0 Å². The smallest absolute Gasteiger partial charge is 0.0772 e. The first kappa shape index (κ1) is 11.5. The van der Waals surface area contributed by atoms with Crippen LogP contribution < -0.4 is 11.3 Å². The van der Waals surface area contributed by atoms with E-state index in [1.807, 2.05) is 17.9 Å². The SMILES string of the molecule is Cn1nncc1C(NN)C1(C)CCCCC1. The lowest BCUT2D eigenvalue weighted by molar-refractivity contribution is 0.139. The van der Waals surface area contributed by atoms with Crippen molar-refractivity contribution in [2.75, 3.05) is 0 Å². The molecule has 2 rings (SSSR count). The van der Waals surface area contributed by atoms with Crippen LogP contribution in [0, 0.1) is 5.41 Å². The minimum absolute atomic E-state index is 0.146. The Hall–Kier alpha value is -0.940. The van der Waals surface area contributed by atoms with E-state index in [-0.39, 0.29) is 11.5 Å². The number of hydrogen-bond donors (Lipinski definition) is 2. The highest BCUT2D eigenvalue weighted by atomic mass is 15.4. The molecule has 0 radical (unpaired) electrons. The summed E-state index contributed by atoms with van der Waals surface area (Å²) in [5.74, 6) is 5.73. The number of aryl methyl sites for hydroxylation is 1. The van der Waals surface area contributed by atoms with Crippen molar-refractivity contribution in [1.29, 1.82) is 0 Å². The van der Waals surface area contributed by atoms with Gasteiger partial charge in [0.05, 0.1) is 17.9 Å². The number of aromatic nitrogens is 3. The Morgan fingerprint density at radius 2 is 2.12 bits per heavy atom. The van der Waals surface area contributed by atoms with Crippen LogP contribution in [-0.4, -0.2) is 15.0 Å². The molecule has 1 aliphatic rings. The zero-order valence-electron chi connectivity index (χ0n) is 10.1. The van der Waals surface area contributed by atoms with Crippen molar-refractivity contribution in [3.8, 4) is 0 Å².